The number of carbonyl (C=O) groups excluding carboxylic acids is 1. The molecule has 9 heteroatoms. The molecule has 0 spiro atoms. The van der Waals surface area contributed by atoms with Crippen LogP contribution in [0, 0.1) is 6.92 Å². The van der Waals surface area contributed by atoms with Gasteiger partial charge in [-0.2, -0.15) is 0 Å². The number of aryl methyl sites for hydroxylation is 1. The molecule has 156 valence electrons. The molecule has 1 aromatic heterocycles. The number of sulfonamides is 1. The van der Waals surface area contributed by atoms with Crippen LogP contribution >= 0.6 is 11.8 Å². The van der Waals surface area contributed by atoms with Gasteiger partial charge in [0.1, 0.15) is 5.76 Å². The molecule has 0 bridgehead atoms. The summed E-state index contributed by atoms with van der Waals surface area (Å²) < 4.78 is 32.7. The van der Waals surface area contributed by atoms with Crippen LogP contribution in [-0.2, 0) is 15.8 Å². The van der Waals surface area contributed by atoms with Crippen LogP contribution in [0.2, 0.25) is 0 Å². The SMILES string of the molecule is Cc1cc(CSc2ccccc2C(=O)Nc2cccc(S(=O)(=O)NC3CC3)c2)on1. The topological polar surface area (TPSA) is 101 Å². The highest BCUT2D eigenvalue weighted by molar-refractivity contribution is 7.98. The van der Waals surface area contributed by atoms with Crippen molar-refractivity contribution < 1.29 is 17.7 Å². The van der Waals surface area contributed by atoms with Crippen LogP contribution in [0.1, 0.15) is 34.7 Å². The largest absolute Gasteiger partial charge is 0.360 e. The van der Waals surface area contributed by atoms with E-state index in [4.69, 9.17) is 4.52 Å². The van der Waals surface area contributed by atoms with Gasteiger partial charge in [0.15, 0.2) is 0 Å². The predicted molar refractivity (Wildman–Crippen MR) is 115 cm³/mol. The highest BCUT2D eigenvalue weighted by Gasteiger charge is 2.28. The first-order valence-electron chi connectivity index (χ1n) is 9.48. The fraction of sp³-hybridized carbons (Fsp3) is 0.238. The molecule has 1 aliphatic rings. The van der Waals surface area contributed by atoms with Gasteiger partial charge < -0.3 is 9.84 Å². The van der Waals surface area contributed by atoms with E-state index in [0.717, 1.165) is 29.2 Å². The standard InChI is InChI=1S/C21H21N3O4S2/c1-14-11-17(28-23-14)13-29-20-8-3-2-7-19(20)21(25)22-16-5-4-6-18(12-16)30(26,27)24-15-9-10-15/h2-8,11-12,15,24H,9-10,13H2,1H3,(H,22,25). The number of hydrogen-bond acceptors (Lipinski definition) is 6. The molecule has 0 unspecified atom stereocenters. The maximum Gasteiger partial charge on any atom is 0.256 e. The van der Waals surface area contributed by atoms with Crippen molar-refractivity contribution in [3.8, 4) is 0 Å². The molecule has 30 heavy (non-hydrogen) atoms. The number of nitrogens with one attached hydrogen (secondary N) is 2. The second-order valence-corrected chi connectivity index (χ2v) is 9.83. The number of amides is 1. The minimum absolute atomic E-state index is 0.0188. The third-order valence-electron chi connectivity index (χ3n) is 4.48. The Bertz CT molecular complexity index is 1170. The Morgan fingerprint density at radius 1 is 1.17 bits per heavy atom. The number of rotatable bonds is 8. The zero-order valence-corrected chi connectivity index (χ0v) is 17.9. The predicted octanol–water partition coefficient (Wildman–Crippen LogP) is 3.97. The summed E-state index contributed by atoms with van der Waals surface area (Å²) in [6.45, 7) is 1.85. The lowest BCUT2D eigenvalue weighted by molar-refractivity contribution is 0.102. The zero-order chi connectivity index (χ0) is 21.1. The van der Waals surface area contributed by atoms with Crippen molar-refractivity contribution in [3.63, 3.8) is 0 Å². The lowest BCUT2D eigenvalue weighted by Crippen LogP contribution is -2.25. The van der Waals surface area contributed by atoms with Gasteiger partial charge in [0.25, 0.3) is 5.91 Å². The Morgan fingerprint density at radius 2 is 1.97 bits per heavy atom. The molecule has 1 saturated carbocycles. The van der Waals surface area contributed by atoms with Crippen molar-refractivity contribution in [2.45, 2.75) is 41.4 Å². The summed E-state index contributed by atoms with van der Waals surface area (Å²) in [7, 11) is -3.59. The van der Waals surface area contributed by atoms with Gasteiger partial charge in [-0.1, -0.05) is 23.4 Å². The first kappa shape index (κ1) is 20.6. The van der Waals surface area contributed by atoms with Crippen LogP contribution in [0.3, 0.4) is 0 Å². The van der Waals surface area contributed by atoms with Crippen molar-refractivity contribution >= 4 is 33.4 Å². The molecule has 0 aliphatic heterocycles. The van der Waals surface area contributed by atoms with E-state index < -0.39 is 10.0 Å². The molecule has 2 N–H and O–H groups in total. The van der Waals surface area contributed by atoms with Crippen molar-refractivity contribution in [2.75, 3.05) is 5.32 Å². The summed E-state index contributed by atoms with van der Waals surface area (Å²) in [6, 6.07) is 15.4. The zero-order valence-electron chi connectivity index (χ0n) is 16.3. The normalized spacial score (nSPS) is 13.9. The van der Waals surface area contributed by atoms with Crippen molar-refractivity contribution in [3.05, 3.63) is 71.6 Å². The van der Waals surface area contributed by atoms with Gasteiger partial charge in [0, 0.05) is 22.7 Å². The van der Waals surface area contributed by atoms with E-state index >= 15 is 0 Å². The molecule has 1 amide bonds. The maximum atomic E-state index is 12.9. The number of benzene rings is 2. The Morgan fingerprint density at radius 3 is 2.70 bits per heavy atom. The van der Waals surface area contributed by atoms with Crippen molar-refractivity contribution in [2.24, 2.45) is 0 Å². The van der Waals surface area contributed by atoms with Gasteiger partial charge >= 0.3 is 0 Å². The van der Waals surface area contributed by atoms with E-state index in [1.54, 1.807) is 24.3 Å². The maximum absolute atomic E-state index is 12.9. The van der Waals surface area contributed by atoms with E-state index in [1.165, 1.54) is 23.9 Å². The van der Waals surface area contributed by atoms with Crippen LogP contribution in [0.4, 0.5) is 5.69 Å². The van der Waals surface area contributed by atoms with Gasteiger partial charge in [0.2, 0.25) is 10.0 Å². The third-order valence-corrected chi connectivity index (χ3v) is 7.09. The first-order chi connectivity index (χ1) is 14.4. The van der Waals surface area contributed by atoms with Gasteiger partial charge in [-0.25, -0.2) is 13.1 Å². The van der Waals surface area contributed by atoms with E-state index in [0.29, 0.717) is 17.0 Å². The average Bonchev–Trinajstić information content (AvgIpc) is 3.43. The first-order valence-corrected chi connectivity index (χ1v) is 12.0. The molecule has 1 fully saturated rings. The minimum atomic E-state index is -3.59. The molecular weight excluding hydrogens is 422 g/mol. The summed E-state index contributed by atoms with van der Waals surface area (Å²) in [6.07, 6.45) is 1.72. The molecule has 0 atom stereocenters. The number of aromatic nitrogens is 1. The second kappa shape index (κ2) is 8.63. The monoisotopic (exact) mass is 443 g/mol. The summed E-state index contributed by atoms with van der Waals surface area (Å²) >= 11 is 1.47. The number of thioether (sulfide) groups is 1. The number of nitrogens with zero attached hydrogens (tertiary/aromatic N) is 1. The lowest BCUT2D eigenvalue weighted by Gasteiger charge is -2.11. The second-order valence-electron chi connectivity index (χ2n) is 7.10. The molecular formula is C21H21N3O4S2. The van der Waals surface area contributed by atoms with Crippen LogP contribution in [0.25, 0.3) is 0 Å². The summed E-state index contributed by atoms with van der Waals surface area (Å²) in [5, 5.41) is 6.67. The Kier molecular flexibility index (Phi) is 5.94. The quantitative estimate of drug-likeness (QED) is 0.511. The summed E-state index contributed by atoms with van der Waals surface area (Å²) in [5.41, 5.74) is 1.73. The molecule has 1 heterocycles. The van der Waals surface area contributed by atoms with E-state index in [2.05, 4.69) is 15.2 Å². The van der Waals surface area contributed by atoms with E-state index in [9.17, 15) is 13.2 Å². The van der Waals surface area contributed by atoms with Crippen LogP contribution in [-0.4, -0.2) is 25.5 Å². The number of hydrogen-bond donors (Lipinski definition) is 2. The van der Waals surface area contributed by atoms with Crippen LogP contribution < -0.4 is 10.0 Å². The molecule has 0 radical (unpaired) electrons. The van der Waals surface area contributed by atoms with Gasteiger partial charge in [0.05, 0.1) is 21.9 Å². The van der Waals surface area contributed by atoms with Crippen LogP contribution in [0.15, 0.2) is 68.9 Å². The van der Waals surface area contributed by atoms with E-state index in [-0.39, 0.29) is 16.8 Å². The van der Waals surface area contributed by atoms with Crippen molar-refractivity contribution in [1.29, 1.82) is 0 Å². The van der Waals surface area contributed by atoms with Gasteiger partial charge in [-0.15, -0.1) is 11.8 Å². The highest BCUT2D eigenvalue weighted by Crippen LogP contribution is 2.28. The molecule has 7 nitrogen and oxygen atoms in total. The Hall–Kier alpha value is -2.62. The number of carbonyl (C=O) groups is 1. The third kappa shape index (κ3) is 5.10. The summed E-state index contributed by atoms with van der Waals surface area (Å²) in [4.78, 5) is 13.8. The smallest absolute Gasteiger partial charge is 0.256 e. The highest BCUT2D eigenvalue weighted by atomic mass is 32.2. The fourth-order valence-electron chi connectivity index (χ4n) is 2.84. The van der Waals surface area contributed by atoms with Gasteiger partial charge in [-0.05, 0) is 50.1 Å². The average molecular weight is 444 g/mol. The molecule has 1 aliphatic carbocycles. The van der Waals surface area contributed by atoms with Gasteiger partial charge in [-0.3, -0.25) is 4.79 Å². The Balaban J connectivity index is 1.48. The number of anilines is 1. The fourth-order valence-corrected chi connectivity index (χ4v) is 5.12. The lowest BCUT2D eigenvalue weighted by atomic mass is 10.2. The molecule has 0 saturated heterocycles. The minimum Gasteiger partial charge on any atom is -0.360 e. The molecule has 4 rings (SSSR count). The van der Waals surface area contributed by atoms with Crippen LogP contribution in [0.5, 0.6) is 0 Å². The Labute approximate surface area is 179 Å². The molecule has 3 aromatic rings. The van der Waals surface area contributed by atoms with E-state index in [1.807, 2.05) is 25.1 Å². The summed E-state index contributed by atoms with van der Waals surface area (Å²) in [5.74, 6) is 0.969. The molecule has 2 aromatic carbocycles. The van der Waals surface area contributed by atoms with Crippen molar-refractivity contribution in [1.82, 2.24) is 9.88 Å².